The lowest BCUT2D eigenvalue weighted by molar-refractivity contribution is -0.114. The molecule has 0 aromatic carbocycles. The van der Waals surface area contributed by atoms with Gasteiger partial charge in [-0.25, -0.2) is 4.98 Å². The molecule has 7 heteroatoms. The van der Waals surface area contributed by atoms with Crippen LogP contribution in [-0.2, 0) is 4.79 Å². The van der Waals surface area contributed by atoms with E-state index in [1.54, 1.807) is 5.38 Å². The highest BCUT2D eigenvalue weighted by atomic mass is 32.1. The highest BCUT2D eigenvalue weighted by molar-refractivity contribution is 7.14. The first kappa shape index (κ1) is 14.6. The van der Waals surface area contributed by atoms with Crippen LogP contribution in [0.1, 0.15) is 31.3 Å². The van der Waals surface area contributed by atoms with E-state index >= 15 is 0 Å². The predicted molar refractivity (Wildman–Crippen MR) is 69.6 cm³/mol. The minimum absolute atomic E-state index is 0.00958. The van der Waals surface area contributed by atoms with Crippen LogP contribution in [0.5, 0.6) is 0 Å². The zero-order chi connectivity index (χ0) is 13.7. The van der Waals surface area contributed by atoms with Gasteiger partial charge in [0.1, 0.15) is 5.69 Å². The van der Waals surface area contributed by atoms with Gasteiger partial charge in [0.05, 0.1) is 0 Å². The smallest absolute Gasteiger partial charge is 0.271 e. The topological polar surface area (TPSA) is 91.3 Å². The molecule has 100 valence electrons. The summed E-state index contributed by atoms with van der Waals surface area (Å²) in [5, 5.41) is 16.2. The molecule has 0 saturated carbocycles. The van der Waals surface area contributed by atoms with Gasteiger partial charge in [0.2, 0.25) is 5.91 Å². The Morgan fingerprint density at radius 1 is 1.50 bits per heavy atom. The molecule has 0 bridgehead atoms. The highest BCUT2D eigenvalue weighted by Crippen LogP contribution is 2.15. The van der Waals surface area contributed by atoms with Crippen molar-refractivity contribution in [3.63, 3.8) is 0 Å². The van der Waals surface area contributed by atoms with Gasteiger partial charge in [0.15, 0.2) is 5.13 Å². The SMILES string of the molecule is CC(=O)Nc1nc(C(=O)NC(C)C(C)CO)cs1. The number of nitrogens with zero attached hydrogens (tertiary/aromatic N) is 1. The van der Waals surface area contributed by atoms with Crippen LogP contribution >= 0.6 is 11.3 Å². The molecular weight excluding hydrogens is 254 g/mol. The van der Waals surface area contributed by atoms with E-state index in [0.29, 0.717) is 5.13 Å². The standard InChI is InChI=1S/C11H17N3O3S/c1-6(4-15)7(2)12-10(17)9-5-18-11(14-9)13-8(3)16/h5-7,15H,4H2,1-3H3,(H,12,17)(H,13,14,16). The fourth-order valence-corrected chi connectivity index (χ4v) is 1.90. The molecule has 1 aromatic heterocycles. The zero-order valence-corrected chi connectivity index (χ0v) is 11.4. The minimum Gasteiger partial charge on any atom is -0.396 e. The second-order valence-corrected chi connectivity index (χ2v) is 5.00. The number of amides is 2. The average Bonchev–Trinajstić information content (AvgIpc) is 2.75. The lowest BCUT2D eigenvalue weighted by Crippen LogP contribution is -2.38. The highest BCUT2D eigenvalue weighted by Gasteiger charge is 2.17. The number of aliphatic hydroxyl groups is 1. The van der Waals surface area contributed by atoms with Gasteiger partial charge < -0.3 is 15.7 Å². The number of aromatic nitrogens is 1. The molecule has 0 aliphatic carbocycles. The summed E-state index contributed by atoms with van der Waals surface area (Å²) in [6.45, 7) is 5.05. The van der Waals surface area contributed by atoms with Crippen molar-refractivity contribution in [3.8, 4) is 0 Å². The van der Waals surface area contributed by atoms with E-state index in [9.17, 15) is 9.59 Å². The van der Waals surface area contributed by atoms with Crippen LogP contribution in [0.25, 0.3) is 0 Å². The summed E-state index contributed by atoms with van der Waals surface area (Å²) in [6.07, 6.45) is 0. The Morgan fingerprint density at radius 3 is 2.72 bits per heavy atom. The van der Waals surface area contributed by atoms with Crippen LogP contribution in [0.3, 0.4) is 0 Å². The number of hydrogen-bond donors (Lipinski definition) is 3. The number of anilines is 1. The number of rotatable bonds is 5. The van der Waals surface area contributed by atoms with Crippen molar-refractivity contribution in [2.75, 3.05) is 11.9 Å². The van der Waals surface area contributed by atoms with Crippen molar-refractivity contribution in [1.82, 2.24) is 10.3 Å². The molecule has 1 aromatic rings. The Labute approximate surface area is 109 Å². The van der Waals surface area contributed by atoms with Gasteiger partial charge in [-0.1, -0.05) is 6.92 Å². The van der Waals surface area contributed by atoms with E-state index in [-0.39, 0.29) is 36.1 Å². The van der Waals surface area contributed by atoms with E-state index in [0.717, 1.165) is 0 Å². The second-order valence-electron chi connectivity index (χ2n) is 4.14. The Bertz CT molecular complexity index is 433. The van der Waals surface area contributed by atoms with E-state index in [1.165, 1.54) is 18.3 Å². The third-order valence-corrected chi connectivity index (χ3v) is 3.28. The van der Waals surface area contributed by atoms with Gasteiger partial charge >= 0.3 is 0 Å². The summed E-state index contributed by atoms with van der Waals surface area (Å²) >= 11 is 1.19. The Hall–Kier alpha value is -1.47. The molecule has 1 rings (SSSR count). The van der Waals surface area contributed by atoms with Gasteiger partial charge in [0.25, 0.3) is 5.91 Å². The number of carbonyl (C=O) groups excluding carboxylic acids is 2. The van der Waals surface area contributed by atoms with Crippen LogP contribution in [-0.4, -0.2) is 34.6 Å². The van der Waals surface area contributed by atoms with Crippen LogP contribution in [0.4, 0.5) is 5.13 Å². The lowest BCUT2D eigenvalue weighted by Gasteiger charge is -2.18. The number of hydrogen-bond acceptors (Lipinski definition) is 5. The van der Waals surface area contributed by atoms with E-state index < -0.39 is 0 Å². The molecule has 0 aliphatic heterocycles. The summed E-state index contributed by atoms with van der Waals surface area (Å²) < 4.78 is 0. The molecule has 2 unspecified atom stereocenters. The van der Waals surface area contributed by atoms with Crippen molar-refractivity contribution in [3.05, 3.63) is 11.1 Å². The maximum absolute atomic E-state index is 11.8. The predicted octanol–water partition coefficient (Wildman–Crippen LogP) is 0.848. The summed E-state index contributed by atoms with van der Waals surface area (Å²) in [5.41, 5.74) is 0.265. The Morgan fingerprint density at radius 2 is 2.17 bits per heavy atom. The number of nitrogens with one attached hydrogen (secondary N) is 2. The van der Waals surface area contributed by atoms with Crippen LogP contribution in [0, 0.1) is 5.92 Å². The van der Waals surface area contributed by atoms with Crippen molar-refractivity contribution in [1.29, 1.82) is 0 Å². The van der Waals surface area contributed by atoms with Crippen LogP contribution in [0.2, 0.25) is 0 Å². The number of thiazole rings is 1. The monoisotopic (exact) mass is 271 g/mol. The second kappa shape index (κ2) is 6.46. The molecule has 2 amide bonds. The van der Waals surface area contributed by atoms with E-state index in [2.05, 4.69) is 15.6 Å². The summed E-state index contributed by atoms with van der Waals surface area (Å²) in [5.74, 6) is -0.559. The quantitative estimate of drug-likeness (QED) is 0.740. The van der Waals surface area contributed by atoms with Gasteiger partial charge in [-0.15, -0.1) is 11.3 Å². The molecule has 2 atom stereocenters. The normalized spacial score (nSPS) is 13.8. The summed E-state index contributed by atoms with van der Waals surface area (Å²) in [4.78, 5) is 26.6. The number of carbonyl (C=O) groups is 2. The first-order valence-electron chi connectivity index (χ1n) is 5.59. The fraction of sp³-hybridized carbons (Fsp3) is 0.545. The van der Waals surface area contributed by atoms with Crippen LogP contribution < -0.4 is 10.6 Å². The summed E-state index contributed by atoms with van der Waals surface area (Å²) in [6, 6.07) is -0.145. The third-order valence-electron chi connectivity index (χ3n) is 2.52. The van der Waals surface area contributed by atoms with Gasteiger partial charge in [0, 0.05) is 25.0 Å². The first-order chi connectivity index (χ1) is 8.43. The minimum atomic E-state index is -0.310. The molecule has 0 fully saturated rings. The zero-order valence-electron chi connectivity index (χ0n) is 10.6. The van der Waals surface area contributed by atoms with E-state index in [4.69, 9.17) is 5.11 Å². The maximum atomic E-state index is 11.8. The van der Waals surface area contributed by atoms with E-state index in [1.807, 2.05) is 13.8 Å². The molecule has 0 radical (unpaired) electrons. The van der Waals surface area contributed by atoms with Crippen molar-refractivity contribution in [2.45, 2.75) is 26.8 Å². The Kier molecular flexibility index (Phi) is 5.24. The van der Waals surface area contributed by atoms with Gasteiger partial charge in [-0.2, -0.15) is 0 Å². The molecule has 0 spiro atoms. The summed E-state index contributed by atoms with van der Waals surface area (Å²) in [7, 11) is 0. The molecule has 3 N–H and O–H groups in total. The van der Waals surface area contributed by atoms with Crippen molar-refractivity contribution in [2.24, 2.45) is 5.92 Å². The van der Waals surface area contributed by atoms with Crippen LogP contribution in [0.15, 0.2) is 5.38 Å². The largest absolute Gasteiger partial charge is 0.396 e. The molecular formula is C11H17N3O3S. The lowest BCUT2D eigenvalue weighted by atomic mass is 10.1. The average molecular weight is 271 g/mol. The molecule has 6 nitrogen and oxygen atoms in total. The number of aliphatic hydroxyl groups excluding tert-OH is 1. The van der Waals surface area contributed by atoms with Crippen molar-refractivity contribution < 1.29 is 14.7 Å². The molecule has 0 aliphatic rings. The third kappa shape index (κ3) is 4.08. The molecule has 1 heterocycles. The maximum Gasteiger partial charge on any atom is 0.271 e. The van der Waals surface area contributed by atoms with Gasteiger partial charge in [-0.05, 0) is 12.8 Å². The molecule has 18 heavy (non-hydrogen) atoms. The molecule has 0 saturated heterocycles. The Balaban J connectivity index is 2.61. The fourth-order valence-electron chi connectivity index (χ4n) is 1.17. The van der Waals surface area contributed by atoms with Gasteiger partial charge in [-0.3, -0.25) is 9.59 Å². The van der Waals surface area contributed by atoms with Crippen molar-refractivity contribution >= 4 is 28.3 Å². The first-order valence-corrected chi connectivity index (χ1v) is 6.46.